The summed E-state index contributed by atoms with van der Waals surface area (Å²) >= 11 is 0. The van der Waals surface area contributed by atoms with Crippen molar-refractivity contribution in [3.05, 3.63) is 29.6 Å². The van der Waals surface area contributed by atoms with Gasteiger partial charge in [0.1, 0.15) is 5.82 Å². The first kappa shape index (κ1) is 18.2. The molecule has 2 aromatic rings. The molecule has 1 amide bonds. The number of nitrogens with zero attached hydrogens (tertiary/aromatic N) is 5. The van der Waals surface area contributed by atoms with Crippen molar-refractivity contribution in [3.8, 4) is 0 Å². The van der Waals surface area contributed by atoms with E-state index < -0.39 is 0 Å². The molecule has 4 heterocycles. The molecule has 8 nitrogen and oxygen atoms in total. The van der Waals surface area contributed by atoms with Gasteiger partial charge in [0.2, 0.25) is 5.91 Å². The van der Waals surface area contributed by atoms with E-state index in [4.69, 9.17) is 4.74 Å². The summed E-state index contributed by atoms with van der Waals surface area (Å²) in [6.07, 6.45) is 6.19. The molecule has 1 unspecified atom stereocenters. The number of aryl methyl sites for hydroxylation is 1. The summed E-state index contributed by atoms with van der Waals surface area (Å²) in [5.74, 6) is 1.35. The maximum atomic E-state index is 13.0. The number of nitrogens with one attached hydrogen (secondary N) is 1. The van der Waals surface area contributed by atoms with Crippen molar-refractivity contribution in [2.45, 2.75) is 58.5 Å². The van der Waals surface area contributed by atoms with E-state index in [1.165, 1.54) is 0 Å². The highest BCUT2D eigenvalue weighted by atomic mass is 16.5. The molecule has 2 aromatic heterocycles. The minimum absolute atomic E-state index is 0.0463. The summed E-state index contributed by atoms with van der Waals surface area (Å²) in [6.45, 7) is 10.5. The fraction of sp³-hybridized carbons (Fsp3) is 0.684. The van der Waals surface area contributed by atoms with Gasteiger partial charge in [-0.3, -0.25) is 14.6 Å². The molecule has 0 aliphatic carbocycles. The van der Waals surface area contributed by atoms with Gasteiger partial charge in [0.05, 0.1) is 24.2 Å². The maximum Gasteiger partial charge on any atom is 0.230 e. The van der Waals surface area contributed by atoms with Crippen LogP contribution < -0.4 is 0 Å². The number of rotatable bonds is 3. The molecule has 2 saturated heterocycles. The highest BCUT2D eigenvalue weighted by Gasteiger charge is 2.55. The topological polar surface area (TPSA) is 88.9 Å². The van der Waals surface area contributed by atoms with Gasteiger partial charge in [-0.2, -0.15) is 10.2 Å². The predicted molar refractivity (Wildman–Crippen MR) is 99.0 cm³/mol. The zero-order valence-corrected chi connectivity index (χ0v) is 16.5. The number of aromatic nitrogens is 5. The van der Waals surface area contributed by atoms with Crippen LogP contribution in [0.2, 0.25) is 0 Å². The molecule has 2 fully saturated rings. The Balaban J connectivity index is 1.59. The van der Waals surface area contributed by atoms with Crippen LogP contribution in [0, 0.1) is 12.3 Å². The van der Waals surface area contributed by atoms with Gasteiger partial charge in [0, 0.05) is 36.9 Å². The molecule has 8 heteroatoms. The third kappa shape index (κ3) is 3.26. The Labute approximate surface area is 159 Å². The van der Waals surface area contributed by atoms with Crippen LogP contribution >= 0.6 is 0 Å². The summed E-state index contributed by atoms with van der Waals surface area (Å²) in [5.41, 5.74) is 1.11. The van der Waals surface area contributed by atoms with E-state index in [9.17, 15) is 4.79 Å². The Morgan fingerprint density at radius 1 is 1.37 bits per heavy atom. The molecule has 0 aromatic carbocycles. The number of ether oxygens (including phenoxy) is 1. The van der Waals surface area contributed by atoms with Crippen molar-refractivity contribution in [3.63, 3.8) is 0 Å². The lowest BCUT2D eigenvalue weighted by atomic mass is 9.64. The molecule has 2 aliphatic rings. The van der Waals surface area contributed by atoms with Crippen molar-refractivity contribution < 1.29 is 9.53 Å². The maximum absolute atomic E-state index is 13.0. The molecule has 2 aliphatic heterocycles. The van der Waals surface area contributed by atoms with Gasteiger partial charge in [-0.15, -0.1) is 0 Å². The largest absolute Gasteiger partial charge is 0.381 e. The van der Waals surface area contributed by atoms with Crippen molar-refractivity contribution in [1.82, 2.24) is 29.9 Å². The third-order valence-electron chi connectivity index (χ3n) is 5.74. The fourth-order valence-corrected chi connectivity index (χ4v) is 4.26. The fourth-order valence-electron chi connectivity index (χ4n) is 4.26. The highest BCUT2D eigenvalue weighted by molar-refractivity contribution is 5.79. The van der Waals surface area contributed by atoms with Crippen LogP contribution in [0.25, 0.3) is 0 Å². The van der Waals surface area contributed by atoms with Crippen LogP contribution in [0.1, 0.15) is 56.9 Å². The monoisotopic (exact) mass is 372 g/mol. The quantitative estimate of drug-likeness (QED) is 0.890. The first-order chi connectivity index (χ1) is 12.8. The van der Waals surface area contributed by atoms with Crippen LogP contribution in [0.15, 0.2) is 12.4 Å². The summed E-state index contributed by atoms with van der Waals surface area (Å²) in [4.78, 5) is 19.2. The first-order valence-corrected chi connectivity index (χ1v) is 9.59. The van der Waals surface area contributed by atoms with E-state index >= 15 is 0 Å². The third-order valence-corrected chi connectivity index (χ3v) is 5.74. The van der Waals surface area contributed by atoms with Gasteiger partial charge in [0.15, 0.2) is 5.82 Å². The number of carbonyl (C=O) groups excluding carboxylic acids is 1. The van der Waals surface area contributed by atoms with Gasteiger partial charge < -0.3 is 9.64 Å². The molecule has 0 radical (unpaired) electrons. The molecule has 1 atom stereocenters. The first-order valence-electron chi connectivity index (χ1n) is 9.59. The Hall–Kier alpha value is -2.22. The molecule has 4 rings (SSSR count). The average Bonchev–Trinajstić information content (AvgIpc) is 3.23. The standard InChI is InChI=1S/C19H28N6O2/c1-13-21-15(23-22-13)9-16(26)24-12-19(5-7-27-8-6-19)17(24)14-10-20-25(11-14)18(2,3)4/h10-11,17H,5-9,12H2,1-4H3,(H,21,22,23). The number of carbonyl (C=O) groups is 1. The molecular weight excluding hydrogens is 344 g/mol. The number of amides is 1. The van der Waals surface area contributed by atoms with Crippen LogP contribution in [0.3, 0.4) is 0 Å². The number of likely N-dealkylation sites (tertiary alicyclic amines) is 1. The molecular formula is C19H28N6O2. The second-order valence-electron chi connectivity index (χ2n) is 8.80. The van der Waals surface area contributed by atoms with Crippen molar-refractivity contribution in [1.29, 1.82) is 0 Å². The van der Waals surface area contributed by atoms with Crippen molar-refractivity contribution in [2.24, 2.45) is 5.41 Å². The van der Waals surface area contributed by atoms with E-state index in [-0.39, 0.29) is 29.3 Å². The Morgan fingerprint density at radius 2 is 2.11 bits per heavy atom. The smallest absolute Gasteiger partial charge is 0.230 e. The number of hydrogen-bond acceptors (Lipinski definition) is 5. The predicted octanol–water partition coefficient (Wildman–Crippen LogP) is 1.99. The second kappa shape index (κ2) is 6.44. The van der Waals surface area contributed by atoms with E-state index in [1.54, 1.807) is 0 Å². The molecule has 1 spiro atoms. The van der Waals surface area contributed by atoms with Gasteiger partial charge in [-0.05, 0) is 40.5 Å². The minimum Gasteiger partial charge on any atom is -0.381 e. The van der Waals surface area contributed by atoms with E-state index in [0.29, 0.717) is 5.82 Å². The Morgan fingerprint density at radius 3 is 2.70 bits per heavy atom. The van der Waals surface area contributed by atoms with E-state index in [2.05, 4.69) is 47.2 Å². The Bertz CT molecular complexity index is 827. The zero-order valence-electron chi connectivity index (χ0n) is 16.5. The normalized spacial score (nSPS) is 22.1. The van der Waals surface area contributed by atoms with E-state index in [0.717, 1.165) is 44.0 Å². The van der Waals surface area contributed by atoms with E-state index in [1.807, 2.05) is 22.7 Å². The highest BCUT2D eigenvalue weighted by Crippen LogP contribution is 2.54. The zero-order chi connectivity index (χ0) is 19.2. The lowest BCUT2D eigenvalue weighted by Gasteiger charge is -2.59. The number of H-pyrrole nitrogens is 1. The van der Waals surface area contributed by atoms with Crippen molar-refractivity contribution >= 4 is 5.91 Å². The number of hydrogen-bond donors (Lipinski definition) is 1. The van der Waals surface area contributed by atoms with Crippen LogP contribution in [-0.2, 0) is 21.5 Å². The molecule has 27 heavy (non-hydrogen) atoms. The molecule has 1 N–H and O–H groups in total. The van der Waals surface area contributed by atoms with Gasteiger partial charge >= 0.3 is 0 Å². The second-order valence-corrected chi connectivity index (χ2v) is 8.80. The lowest BCUT2D eigenvalue weighted by molar-refractivity contribution is -0.168. The minimum atomic E-state index is -0.0871. The van der Waals surface area contributed by atoms with Crippen LogP contribution in [0.5, 0.6) is 0 Å². The summed E-state index contributed by atoms with van der Waals surface area (Å²) < 4.78 is 7.57. The Kier molecular flexibility index (Phi) is 4.33. The average molecular weight is 372 g/mol. The van der Waals surface area contributed by atoms with Gasteiger partial charge in [-0.1, -0.05) is 0 Å². The lowest BCUT2D eigenvalue weighted by Crippen LogP contribution is -2.62. The molecule has 146 valence electrons. The molecule has 0 saturated carbocycles. The SMILES string of the molecule is Cc1nc(CC(=O)N2CC3(CCOCC3)C2c2cnn(C(C)(C)C)c2)n[nH]1. The van der Waals surface area contributed by atoms with Crippen LogP contribution in [-0.4, -0.2) is 55.5 Å². The van der Waals surface area contributed by atoms with Gasteiger partial charge in [0.25, 0.3) is 0 Å². The summed E-state index contributed by atoms with van der Waals surface area (Å²) in [6, 6.07) is 0.0463. The van der Waals surface area contributed by atoms with Gasteiger partial charge in [-0.25, -0.2) is 4.98 Å². The summed E-state index contributed by atoms with van der Waals surface area (Å²) in [5, 5.41) is 11.5. The number of aromatic amines is 1. The van der Waals surface area contributed by atoms with Crippen LogP contribution in [0.4, 0.5) is 0 Å². The summed E-state index contributed by atoms with van der Waals surface area (Å²) in [7, 11) is 0. The van der Waals surface area contributed by atoms with Crippen molar-refractivity contribution in [2.75, 3.05) is 19.8 Å². The molecule has 0 bridgehead atoms.